The van der Waals surface area contributed by atoms with Crippen LogP contribution in [0.2, 0.25) is 0 Å². The Hall–Kier alpha value is -2.88. The summed E-state index contributed by atoms with van der Waals surface area (Å²) < 4.78 is 18.5. The smallest absolute Gasteiger partial charge is 0.409 e. The average Bonchev–Trinajstić information content (AvgIpc) is 3.23. The Morgan fingerprint density at radius 1 is 1.19 bits per heavy atom. The average molecular weight is 445 g/mol. The Balaban J connectivity index is 0.00000119. The van der Waals surface area contributed by atoms with Gasteiger partial charge in [-0.3, -0.25) is 4.68 Å². The first-order chi connectivity index (χ1) is 15.7. The Morgan fingerprint density at radius 2 is 1.97 bits per heavy atom. The zero-order valence-corrected chi connectivity index (χ0v) is 19.3. The molecule has 0 aromatic carbocycles. The lowest BCUT2D eigenvalue weighted by molar-refractivity contribution is 0.0649. The molecule has 0 radical (unpaired) electrons. The summed E-state index contributed by atoms with van der Waals surface area (Å²) in [6, 6.07) is 0.306. The molecule has 3 aliphatic rings. The maximum absolute atomic E-state index is 12.2. The van der Waals surface area contributed by atoms with Gasteiger partial charge in [-0.25, -0.2) is 9.78 Å². The van der Waals surface area contributed by atoms with Crippen molar-refractivity contribution in [1.82, 2.24) is 24.6 Å². The monoisotopic (exact) mass is 444 g/mol. The van der Waals surface area contributed by atoms with Gasteiger partial charge in [-0.05, 0) is 19.8 Å². The van der Waals surface area contributed by atoms with Crippen LogP contribution in [0, 0.1) is 6.92 Å². The van der Waals surface area contributed by atoms with Crippen LogP contribution in [0.4, 0.5) is 16.3 Å². The van der Waals surface area contributed by atoms with Gasteiger partial charge in [0.25, 0.3) is 0 Å². The van der Waals surface area contributed by atoms with Crippen LogP contribution >= 0.6 is 0 Å². The van der Waals surface area contributed by atoms with Crippen LogP contribution in [0.3, 0.4) is 0 Å². The Bertz CT molecular complexity index is 956. The molecular weight excluding hydrogens is 412 g/mol. The molecule has 2 aromatic rings. The number of carbonyl (C=O) groups is 1. The second-order valence-electron chi connectivity index (χ2n) is 7.79. The molecule has 0 aliphatic carbocycles. The van der Waals surface area contributed by atoms with Crippen molar-refractivity contribution in [2.24, 2.45) is 0 Å². The zero-order chi connectivity index (χ0) is 22.7. The van der Waals surface area contributed by atoms with Gasteiger partial charge in [0.05, 0.1) is 32.4 Å². The number of aryl methyl sites for hydroxylation is 1. The number of nitrogens with zero attached hydrogens (tertiary/aromatic N) is 6. The van der Waals surface area contributed by atoms with Crippen molar-refractivity contribution >= 4 is 17.6 Å². The molecule has 5 heterocycles. The molecular formula is C22H32N6O4. The predicted octanol–water partition coefficient (Wildman–Crippen LogP) is 3.01. The van der Waals surface area contributed by atoms with E-state index in [0.717, 1.165) is 49.5 Å². The van der Waals surface area contributed by atoms with Crippen LogP contribution in [-0.4, -0.2) is 70.8 Å². The predicted molar refractivity (Wildman–Crippen MR) is 118 cm³/mol. The van der Waals surface area contributed by atoms with Gasteiger partial charge in [0.2, 0.25) is 5.88 Å². The van der Waals surface area contributed by atoms with E-state index in [-0.39, 0.29) is 6.09 Å². The van der Waals surface area contributed by atoms with Gasteiger partial charge in [0.15, 0.2) is 5.82 Å². The molecule has 0 N–H and O–H groups in total. The van der Waals surface area contributed by atoms with Crippen LogP contribution in [0.5, 0.6) is 5.88 Å². The molecule has 10 heteroatoms. The Labute approximate surface area is 188 Å². The molecule has 0 atom stereocenters. The molecule has 10 nitrogen and oxygen atoms in total. The molecule has 1 fully saturated rings. The number of carbonyl (C=O) groups excluding carboxylic acids is 1. The van der Waals surface area contributed by atoms with Crippen molar-refractivity contribution in [2.45, 2.75) is 52.6 Å². The minimum Gasteiger partial charge on any atom is -0.474 e. The Morgan fingerprint density at radius 3 is 2.72 bits per heavy atom. The lowest BCUT2D eigenvalue weighted by Crippen LogP contribution is -2.37. The van der Waals surface area contributed by atoms with E-state index in [2.05, 4.69) is 19.5 Å². The standard InChI is InChI=1S/C20H26N6O4.C2H6/c1-13-21-11-17-19(22-13)30-10-7-25(17)18-15-12-24(20(27)28-2)6-3-16(15)26(23-18)14-4-8-29-9-5-14;1-2/h11,14H,3-10,12H2,1-2H3;1-2H3. The third-order valence-corrected chi connectivity index (χ3v) is 5.99. The molecule has 5 rings (SSSR count). The molecule has 32 heavy (non-hydrogen) atoms. The highest BCUT2D eigenvalue weighted by molar-refractivity contribution is 5.71. The summed E-state index contributed by atoms with van der Waals surface area (Å²) >= 11 is 0. The number of hydrogen-bond acceptors (Lipinski definition) is 8. The van der Waals surface area contributed by atoms with Gasteiger partial charge in [-0.15, -0.1) is 0 Å². The molecule has 1 saturated heterocycles. The van der Waals surface area contributed by atoms with Crippen LogP contribution in [0.1, 0.15) is 49.8 Å². The lowest BCUT2D eigenvalue weighted by Gasteiger charge is -2.31. The summed E-state index contributed by atoms with van der Waals surface area (Å²) in [4.78, 5) is 24.9. The third-order valence-electron chi connectivity index (χ3n) is 5.99. The number of rotatable bonds is 2. The van der Waals surface area contributed by atoms with Gasteiger partial charge in [0.1, 0.15) is 18.1 Å². The van der Waals surface area contributed by atoms with Crippen LogP contribution in [0.25, 0.3) is 0 Å². The summed E-state index contributed by atoms with van der Waals surface area (Å²) in [5.41, 5.74) is 3.06. The maximum atomic E-state index is 12.2. The fraction of sp³-hybridized carbons (Fsp3) is 0.636. The highest BCUT2D eigenvalue weighted by atomic mass is 16.5. The number of anilines is 2. The van der Waals surface area contributed by atoms with Crippen molar-refractivity contribution in [3.05, 3.63) is 23.3 Å². The summed E-state index contributed by atoms with van der Waals surface area (Å²) in [5.74, 6) is 2.09. The number of hydrogen-bond donors (Lipinski definition) is 0. The number of methoxy groups -OCH3 is 1. The zero-order valence-electron chi connectivity index (χ0n) is 19.3. The quantitative estimate of drug-likeness (QED) is 0.698. The Kier molecular flexibility index (Phi) is 6.78. The molecule has 0 bridgehead atoms. The van der Waals surface area contributed by atoms with Crippen LogP contribution < -0.4 is 9.64 Å². The van der Waals surface area contributed by atoms with Crippen molar-refractivity contribution in [3.63, 3.8) is 0 Å². The molecule has 0 saturated carbocycles. The topological polar surface area (TPSA) is 94.8 Å². The van der Waals surface area contributed by atoms with Gasteiger partial charge in [0, 0.05) is 37.4 Å². The second kappa shape index (κ2) is 9.72. The highest BCUT2D eigenvalue weighted by Crippen LogP contribution is 2.39. The van der Waals surface area contributed by atoms with E-state index in [0.29, 0.717) is 44.0 Å². The van der Waals surface area contributed by atoms with Gasteiger partial charge in [-0.2, -0.15) is 10.1 Å². The largest absolute Gasteiger partial charge is 0.474 e. The molecule has 0 unspecified atom stereocenters. The number of amides is 1. The fourth-order valence-corrected chi connectivity index (χ4v) is 4.47. The highest BCUT2D eigenvalue weighted by Gasteiger charge is 2.34. The summed E-state index contributed by atoms with van der Waals surface area (Å²) in [5, 5.41) is 5.08. The van der Waals surface area contributed by atoms with Crippen LogP contribution in [0.15, 0.2) is 6.20 Å². The van der Waals surface area contributed by atoms with E-state index in [4.69, 9.17) is 19.3 Å². The minimum absolute atomic E-state index is 0.306. The number of aromatic nitrogens is 4. The van der Waals surface area contributed by atoms with E-state index in [1.165, 1.54) is 12.8 Å². The fourth-order valence-electron chi connectivity index (χ4n) is 4.47. The summed E-state index contributed by atoms with van der Waals surface area (Å²) in [6.07, 6.45) is 4.10. The lowest BCUT2D eigenvalue weighted by atomic mass is 10.0. The summed E-state index contributed by atoms with van der Waals surface area (Å²) in [6.45, 7) is 9.60. The normalized spacial score (nSPS) is 18.1. The van der Waals surface area contributed by atoms with E-state index < -0.39 is 0 Å². The van der Waals surface area contributed by atoms with Crippen LogP contribution in [-0.2, 0) is 22.4 Å². The van der Waals surface area contributed by atoms with E-state index in [1.54, 1.807) is 11.1 Å². The molecule has 0 spiro atoms. The first-order valence-corrected chi connectivity index (χ1v) is 11.4. The van der Waals surface area contributed by atoms with Gasteiger partial charge < -0.3 is 24.0 Å². The van der Waals surface area contributed by atoms with Crippen molar-refractivity contribution in [2.75, 3.05) is 44.9 Å². The van der Waals surface area contributed by atoms with Crippen molar-refractivity contribution in [3.8, 4) is 5.88 Å². The summed E-state index contributed by atoms with van der Waals surface area (Å²) in [7, 11) is 1.42. The first-order valence-electron chi connectivity index (χ1n) is 11.4. The first kappa shape index (κ1) is 22.3. The molecule has 2 aromatic heterocycles. The minimum atomic E-state index is -0.313. The third kappa shape index (κ3) is 4.11. The SMILES string of the molecule is CC.COC(=O)N1CCc2c(c(N3CCOc4nc(C)ncc43)nn2C2CCOCC2)C1. The van der Waals surface area contributed by atoms with E-state index in [9.17, 15) is 4.79 Å². The number of fused-ring (bicyclic) bond motifs is 2. The van der Waals surface area contributed by atoms with E-state index >= 15 is 0 Å². The van der Waals surface area contributed by atoms with Gasteiger partial charge >= 0.3 is 6.09 Å². The molecule has 3 aliphatic heterocycles. The van der Waals surface area contributed by atoms with Crippen molar-refractivity contribution in [1.29, 1.82) is 0 Å². The van der Waals surface area contributed by atoms with Gasteiger partial charge in [-0.1, -0.05) is 13.8 Å². The second-order valence-corrected chi connectivity index (χ2v) is 7.79. The van der Waals surface area contributed by atoms with Crippen molar-refractivity contribution < 1.29 is 19.0 Å². The number of ether oxygens (including phenoxy) is 3. The molecule has 174 valence electrons. The molecule has 1 amide bonds. The van der Waals surface area contributed by atoms with E-state index in [1.807, 2.05) is 20.8 Å². The maximum Gasteiger partial charge on any atom is 0.409 e.